The minimum absolute atomic E-state index is 0.104. The molecule has 1 fully saturated rings. The molecule has 0 aromatic heterocycles. The first-order valence-corrected chi connectivity index (χ1v) is 5.97. The number of carbonyl (C=O) groups is 1. The molecular weight excluding hydrogens is 216 g/mol. The molecule has 0 spiro atoms. The third-order valence-corrected chi connectivity index (χ3v) is 2.73. The molecule has 17 heavy (non-hydrogen) atoms. The molecule has 0 saturated heterocycles. The molecule has 92 valence electrons. The van der Waals surface area contributed by atoms with Crippen LogP contribution in [0.25, 0.3) is 0 Å². The van der Waals surface area contributed by atoms with Crippen LogP contribution in [0.3, 0.4) is 0 Å². The van der Waals surface area contributed by atoms with Gasteiger partial charge in [0, 0.05) is 24.4 Å². The van der Waals surface area contributed by atoms with Crippen molar-refractivity contribution in [2.75, 3.05) is 25.5 Å². The number of ether oxygens (including phenoxy) is 1. The van der Waals surface area contributed by atoms with Gasteiger partial charge in [-0.05, 0) is 37.0 Å². The highest BCUT2D eigenvalue weighted by Crippen LogP contribution is 2.28. The van der Waals surface area contributed by atoms with Crippen LogP contribution >= 0.6 is 0 Å². The van der Waals surface area contributed by atoms with Crippen molar-refractivity contribution in [3.8, 4) is 0 Å². The predicted molar refractivity (Wildman–Crippen MR) is 66.7 cm³/mol. The normalized spacial score (nSPS) is 14.6. The summed E-state index contributed by atoms with van der Waals surface area (Å²) in [6.45, 7) is 1.94. The molecule has 1 aromatic rings. The zero-order valence-electron chi connectivity index (χ0n) is 9.82. The van der Waals surface area contributed by atoms with Crippen LogP contribution in [-0.2, 0) is 4.74 Å². The highest BCUT2D eigenvalue weighted by Gasteiger charge is 2.20. The molecular formula is C13H18N2O2. The quantitative estimate of drug-likeness (QED) is 0.578. The van der Waals surface area contributed by atoms with Gasteiger partial charge in [0.2, 0.25) is 0 Å². The maximum atomic E-state index is 11.7. The van der Waals surface area contributed by atoms with Gasteiger partial charge in [0.25, 0.3) is 5.91 Å². The van der Waals surface area contributed by atoms with E-state index in [9.17, 15) is 4.79 Å². The van der Waals surface area contributed by atoms with Crippen molar-refractivity contribution in [1.82, 2.24) is 5.32 Å². The topological polar surface area (TPSA) is 64.4 Å². The molecule has 0 radical (unpaired) electrons. The zero-order chi connectivity index (χ0) is 12.1. The van der Waals surface area contributed by atoms with E-state index in [4.69, 9.17) is 10.5 Å². The lowest BCUT2D eigenvalue weighted by Crippen LogP contribution is -2.27. The third kappa shape index (κ3) is 4.07. The Bertz CT molecular complexity index is 389. The average molecular weight is 234 g/mol. The molecule has 0 aliphatic heterocycles. The number of benzene rings is 1. The molecule has 4 heteroatoms. The van der Waals surface area contributed by atoms with Crippen molar-refractivity contribution in [2.24, 2.45) is 5.92 Å². The number of rotatable bonds is 6. The SMILES string of the molecule is Nc1cccc(C(=O)NCCOCC2CC2)c1. The fourth-order valence-corrected chi connectivity index (χ4v) is 1.55. The molecule has 3 N–H and O–H groups in total. The van der Waals surface area contributed by atoms with Gasteiger partial charge < -0.3 is 15.8 Å². The Hall–Kier alpha value is -1.55. The van der Waals surface area contributed by atoms with Crippen molar-refractivity contribution in [1.29, 1.82) is 0 Å². The fraction of sp³-hybridized carbons (Fsp3) is 0.462. The lowest BCUT2D eigenvalue weighted by atomic mass is 10.2. The van der Waals surface area contributed by atoms with E-state index in [1.54, 1.807) is 24.3 Å². The number of nitrogens with one attached hydrogen (secondary N) is 1. The minimum atomic E-state index is -0.104. The van der Waals surface area contributed by atoms with Gasteiger partial charge >= 0.3 is 0 Å². The lowest BCUT2D eigenvalue weighted by molar-refractivity contribution is 0.0906. The lowest BCUT2D eigenvalue weighted by Gasteiger charge is -2.06. The third-order valence-electron chi connectivity index (χ3n) is 2.73. The number of hydrogen-bond donors (Lipinski definition) is 2. The monoisotopic (exact) mass is 234 g/mol. The molecule has 1 amide bonds. The Morgan fingerprint density at radius 1 is 1.47 bits per heavy atom. The maximum absolute atomic E-state index is 11.7. The van der Waals surface area contributed by atoms with Crippen molar-refractivity contribution in [2.45, 2.75) is 12.8 Å². The number of hydrogen-bond acceptors (Lipinski definition) is 3. The minimum Gasteiger partial charge on any atom is -0.399 e. The zero-order valence-corrected chi connectivity index (χ0v) is 9.82. The molecule has 1 aromatic carbocycles. The van der Waals surface area contributed by atoms with E-state index in [1.165, 1.54) is 12.8 Å². The van der Waals surface area contributed by atoms with Crippen LogP contribution in [0.4, 0.5) is 5.69 Å². The Kier molecular flexibility index (Phi) is 3.98. The summed E-state index contributed by atoms with van der Waals surface area (Å²) < 4.78 is 5.43. The van der Waals surface area contributed by atoms with Crippen molar-refractivity contribution in [3.05, 3.63) is 29.8 Å². The highest BCUT2D eigenvalue weighted by atomic mass is 16.5. The Morgan fingerprint density at radius 2 is 2.29 bits per heavy atom. The number of carbonyl (C=O) groups excluding carboxylic acids is 1. The predicted octanol–water partition coefficient (Wildman–Crippen LogP) is 1.43. The van der Waals surface area contributed by atoms with Crippen molar-refractivity contribution < 1.29 is 9.53 Å². The van der Waals surface area contributed by atoms with Crippen molar-refractivity contribution >= 4 is 11.6 Å². The second-order valence-electron chi connectivity index (χ2n) is 4.40. The van der Waals surface area contributed by atoms with E-state index in [1.807, 2.05) is 0 Å². The van der Waals surface area contributed by atoms with Gasteiger partial charge in [-0.3, -0.25) is 4.79 Å². The number of nitrogen functional groups attached to an aromatic ring is 1. The van der Waals surface area contributed by atoms with E-state index in [2.05, 4.69) is 5.32 Å². The molecule has 2 rings (SSSR count). The Morgan fingerprint density at radius 3 is 3.00 bits per heavy atom. The molecule has 1 saturated carbocycles. The summed E-state index contributed by atoms with van der Waals surface area (Å²) in [5, 5.41) is 2.80. The molecule has 0 unspecified atom stereocenters. The van der Waals surface area contributed by atoms with Gasteiger partial charge in [-0.2, -0.15) is 0 Å². The highest BCUT2D eigenvalue weighted by molar-refractivity contribution is 5.94. The number of anilines is 1. The summed E-state index contributed by atoms with van der Waals surface area (Å²) in [5.74, 6) is 0.659. The molecule has 1 aliphatic carbocycles. The van der Waals surface area contributed by atoms with Gasteiger partial charge in [-0.1, -0.05) is 6.07 Å². The van der Waals surface area contributed by atoms with Crippen LogP contribution in [0.5, 0.6) is 0 Å². The summed E-state index contributed by atoms with van der Waals surface area (Å²) in [5.41, 5.74) is 6.80. The average Bonchev–Trinajstić information content (AvgIpc) is 3.12. The van der Waals surface area contributed by atoms with Gasteiger partial charge in [0.15, 0.2) is 0 Å². The smallest absolute Gasteiger partial charge is 0.251 e. The van der Waals surface area contributed by atoms with E-state index in [0.29, 0.717) is 24.4 Å². The van der Waals surface area contributed by atoms with Crippen LogP contribution in [0, 0.1) is 5.92 Å². The van der Waals surface area contributed by atoms with Crippen LogP contribution in [0.15, 0.2) is 24.3 Å². The fourth-order valence-electron chi connectivity index (χ4n) is 1.55. The Labute approximate surface area is 101 Å². The summed E-state index contributed by atoms with van der Waals surface area (Å²) in [7, 11) is 0. The first kappa shape index (κ1) is 11.9. The second kappa shape index (κ2) is 5.68. The van der Waals surface area contributed by atoms with Gasteiger partial charge in [0.1, 0.15) is 0 Å². The maximum Gasteiger partial charge on any atom is 0.251 e. The van der Waals surface area contributed by atoms with E-state index in [-0.39, 0.29) is 5.91 Å². The number of nitrogens with two attached hydrogens (primary N) is 1. The van der Waals surface area contributed by atoms with E-state index < -0.39 is 0 Å². The van der Waals surface area contributed by atoms with Crippen molar-refractivity contribution in [3.63, 3.8) is 0 Å². The summed E-state index contributed by atoms with van der Waals surface area (Å²) in [4.78, 5) is 11.7. The summed E-state index contributed by atoms with van der Waals surface area (Å²) >= 11 is 0. The van der Waals surface area contributed by atoms with Crippen LogP contribution in [0.1, 0.15) is 23.2 Å². The van der Waals surface area contributed by atoms with Crippen LogP contribution in [-0.4, -0.2) is 25.7 Å². The van der Waals surface area contributed by atoms with Gasteiger partial charge in [-0.25, -0.2) is 0 Å². The molecule has 1 aliphatic rings. The first-order valence-electron chi connectivity index (χ1n) is 5.97. The second-order valence-corrected chi connectivity index (χ2v) is 4.40. The van der Waals surface area contributed by atoms with E-state index in [0.717, 1.165) is 12.5 Å². The molecule has 4 nitrogen and oxygen atoms in total. The Balaban J connectivity index is 1.65. The van der Waals surface area contributed by atoms with Gasteiger partial charge in [-0.15, -0.1) is 0 Å². The summed E-state index contributed by atoms with van der Waals surface area (Å²) in [6, 6.07) is 6.94. The largest absolute Gasteiger partial charge is 0.399 e. The van der Waals surface area contributed by atoms with Gasteiger partial charge in [0.05, 0.1) is 6.61 Å². The summed E-state index contributed by atoms with van der Waals surface area (Å²) in [6.07, 6.45) is 2.57. The first-order chi connectivity index (χ1) is 8.25. The van der Waals surface area contributed by atoms with E-state index >= 15 is 0 Å². The number of amides is 1. The standard InChI is InChI=1S/C13H18N2O2/c14-12-3-1-2-11(8-12)13(16)15-6-7-17-9-10-4-5-10/h1-3,8,10H,4-7,9,14H2,(H,15,16). The van der Waals surface area contributed by atoms with Crippen LogP contribution < -0.4 is 11.1 Å². The van der Waals surface area contributed by atoms with Crippen LogP contribution in [0.2, 0.25) is 0 Å². The molecule has 0 heterocycles. The molecule has 0 bridgehead atoms. The molecule has 0 atom stereocenters.